The lowest BCUT2D eigenvalue weighted by molar-refractivity contribution is -0.137. The van der Waals surface area contributed by atoms with Crippen LogP contribution in [0.1, 0.15) is 54.7 Å². The van der Waals surface area contributed by atoms with E-state index in [1.54, 1.807) is 6.20 Å². The van der Waals surface area contributed by atoms with Gasteiger partial charge in [-0.2, -0.15) is 13.2 Å². The number of pyridine rings is 1. The smallest absolute Gasteiger partial charge is 0.356 e. The molecule has 4 rings (SSSR count). The molecule has 1 saturated carbocycles. The summed E-state index contributed by atoms with van der Waals surface area (Å²) in [6.07, 6.45) is 3.66. The first-order valence-electron chi connectivity index (χ1n) is 9.93. The maximum Gasteiger partial charge on any atom is 0.416 e. The third-order valence-electron chi connectivity index (χ3n) is 5.81. The molecular formula is C22H22F4N2O. The van der Waals surface area contributed by atoms with Crippen LogP contribution in [0.4, 0.5) is 17.6 Å². The van der Waals surface area contributed by atoms with Gasteiger partial charge in [0.25, 0.3) is 0 Å². The average molecular weight is 406 g/mol. The summed E-state index contributed by atoms with van der Waals surface area (Å²) in [4.78, 5) is 16.5. The van der Waals surface area contributed by atoms with Gasteiger partial charge in [-0.3, -0.25) is 9.78 Å². The second-order valence-electron chi connectivity index (χ2n) is 7.99. The largest absolute Gasteiger partial charge is 0.416 e. The molecule has 3 nitrogen and oxygen atoms in total. The molecule has 1 amide bonds. The molecule has 0 spiro atoms. The van der Waals surface area contributed by atoms with Gasteiger partial charge in [0.15, 0.2) is 0 Å². The highest BCUT2D eigenvalue weighted by atomic mass is 19.4. The Morgan fingerprint density at radius 1 is 1.14 bits per heavy atom. The lowest BCUT2D eigenvalue weighted by Gasteiger charge is -2.27. The van der Waals surface area contributed by atoms with Crippen LogP contribution in [0.15, 0.2) is 30.6 Å². The fourth-order valence-corrected chi connectivity index (χ4v) is 4.05. The molecule has 154 valence electrons. The summed E-state index contributed by atoms with van der Waals surface area (Å²) in [6, 6.07) is 2.59. The third-order valence-corrected chi connectivity index (χ3v) is 5.81. The molecule has 1 atom stereocenters. The van der Waals surface area contributed by atoms with Gasteiger partial charge in [0, 0.05) is 36.5 Å². The van der Waals surface area contributed by atoms with Crippen molar-refractivity contribution in [2.45, 2.75) is 50.6 Å². The fraction of sp³-hybridized carbons (Fsp3) is 0.455. The van der Waals surface area contributed by atoms with Gasteiger partial charge in [0.05, 0.1) is 5.56 Å². The Morgan fingerprint density at radius 3 is 2.62 bits per heavy atom. The number of nitrogens with zero attached hydrogens (tertiary/aromatic N) is 1. The maximum absolute atomic E-state index is 14.5. The minimum Gasteiger partial charge on any atom is -0.356 e. The Labute approximate surface area is 166 Å². The molecule has 1 fully saturated rings. The quantitative estimate of drug-likeness (QED) is 0.690. The number of amides is 1. The number of benzene rings is 1. The maximum atomic E-state index is 14.5. The standard InChI is InChI=1S/C22H22F4N2O/c23-20-9-15(22(24,25)26)6-7-17(20)19-12-27-11-18-14(2-1-3-16(18)19)8-21(29)28-10-13-4-5-13/h6-7,9,11-14H,1-5,8,10H2,(H,28,29). The number of hydrogen-bond acceptors (Lipinski definition) is 2. The number of nitrogens with one attached hydrogen (secondary N) is 1. The van der Waals surface area contributed by atoms with Crippen molar-refractivity contribution >= 4 is 5.91 Å². The Kier molecular flexibility index (Phi) is 5.32. The van der Waals surface area contributed by atoms with E-state index < -0.39 is 17.6 Å². The number of aromatic nitrogens is 1. The van der Waals surface area contributed by atoms with Gasteiger partial charge in [-0.05, 0) is 67.2 Å². The van der Waals surface area contributed by atoms with Gasteiger partial charge >= 0.3 is 6.18 Å². The first kappa shape index (κ1) is 19.9. The molecule has 1 unspecified atom stereocenters. The van der Waals surface area contributed by atoms with E-state index in [-0.39, 0.29) is 17.4 Å². The van der Waals surface area contributed by atoms with Crippen molar-refractivity contribution < 1.29 is 22.4 Å². The van der Waals surface area contributed by atoms with Crippen LogP contribution < -0.4 is 5.32 Å². The van der Waals surface area contributed by atoms with Crippen LogP contribution in [0.2, 0.25) is 0 Å². The van der Waals surface area contributed by atoms with Crippen LogP contribution in [0.3, 0.4) is 0 Å². The van der Waals surface area contributed by atoms with Crippen LogP contribution in [0, 0.1) is 11.7 Å². The predicted octanol–water partition coefficient (Wildman–Crippen LogP) is 5.24. The van der Waals surface area contributed by atoms with Crippen molar-refractivity contribution in [3.05, 3.63) is 53.1 Å². The lowest BCUT2D eigenvalue weighted by atomic mass is 9.79. The SMILES string of the molecule is O=C(CC1CCCc2c(-c3ccc(C(F)(F)F)cc3F)cncc21)NCC1CC1. The number of alkyl halides is 3. The molecular weight excluding hydrogens is 384 g/mol. The van der Waals surface area contributed by atoms with E-state index in [0.29, 0.717) is 36.9 Å². The predicted molar refractivity (Wildman–Crippen MR) is 101 cm³/mol. The molecule has 29 heavy (non-hydrogen) atoms. The molecule has 0 bridgehead atoms. The van der Waals surface area contributed by atoms with Crippen LogP contribution in [-0.4, -0.2) is 17.4 Å². The van der Waals surface area contributed by atoms with Crippen LogP contribution in [0.25, 0.3) is 11.1 Å². The highest BCUT2D eigenvalue weighted by Crippen LogP contribution is 2.40. The molecule has 1 aromatic heterocycles. The molecule has 2 aromatic rings. The second kappa shape index (κ2) is 7.76. The first-order valence-corrected chi connectivity index (χ1v) is 9.93. The number of fused-ring (bicyclic) bond motifs is 1. The zero-order chi connectivity index (χ0) is 20.6. The fourth-order valence-electron chi connectivity index (χ4n) is 4.05. The van der Waals surface area contributed by atoms with Gasteiger partial charge < -0.3 is 5.32 Å². The summed E-state index contributed by atoms with van der Waals surface area (Å²) < 4.78 is 53.1. The van der Waals surface area contributed by atoms with E-state index in [9.17, 15) is 22.4 Å². The zero-order valence-corrected chi connectivity index (χ0v) is 15.9. The number of rotatable bonds is 5. The summed E-state index contributed by atoms with van der Waals surface area (Å²) in [5.41, 5.74) is 1.39. The number of hydrogen-bond donors (Lipinski definition) is 1. The number of carbonyl (C=O) groups is 1. The topological polar surface area (TPSA) is 42.0 Å². The van der Waals surface area contributed by atoms with Crippen molar-refractivity contribution in [3.63, 3.8) is 0 Å². The van der Waals surface area contributed by atoms with Crippen LogP contribution in [-0.2, 0) is 17.4 Å². The molecule has 2 aliphatic carbocycles. The van der Waals surface area contributed by atoms with Crippen molar-refractivity contribution in [3.8, 4) is 11.1 Å². The van der Waals surface area contributed by atoms with Crippen molar-refractivity contribution in [2.24, 2.45) is 5.92 Å². The van der Waals surface area contributed by atoms with Gasteiger partial charge in [0.2, 0.25) is 5.91 Å². The van der Waals surface area contributed by atoms with E-state index in [2.05, 4.69) is 10.3 Å². The van der Waals surface area contributed by atoms with E-state index >= 15 is 0 Å². The van der Waals surface area contributed by atoms with Gasteiger partial charge in [-0.1, -0.05) is 6.07 Å². The second-order valence-corrected chi connectivity index (χ2v) is 7.99. The Bertz CT molecular complexity index is 922. The normalized spacial score (nSPS) is 19.0. The van der Waals surface area contributed by atoms with Gasteiger partial charge in [0.1, 0.15) is 5.82 Å². The Balaban J connectivity index is 1.60. The minimum absolute atomic E-state index is 0.000800. The highest BCUT2D eigenvalue weighted by Gasteiger charge is 2.32. The van der Waals surface area contributed by atoms with Crippen LogP contribution in [0.5, 0.6) is 0 Å². The van der Waals surface area contributed by atoms with Crippen molar-refractivity contribution in [1.29, 1.82) is 0 Å². The summed E-state index contributed by atoms with van der Waals surface area (Å²) in [5, 5.41) is 2.97. The zero-order valence-electron chi connectivity index (χ0n) is 15.9. The Hall–Kier alpha value is -2.44. The molecule has 7 heteroatoms. The molecule has 2 aliphatic rings. The summed E-state index contributed by atoms with van der Waals surface area (Å²) in [5.74, 6) is -0.323. The molecule has 1 aromatic carbocycles. The van der Waals surface area contributed by atoms with Gasteiger partial charge in [-0.25, -0.2) is 4.39 Å². The monoisotopic (exact) mass is 406 g/mol. The highest BCUT2D eigenvalue weighted by molar-refractivity contribution is 5.77. The van der Waals surface area contributed by atoms with E-state index in [0.717, 1.165) is 30.0 Å². The van der Waals surface area contributed by atoms with Crippen molar-refractivity contribution in [1.82, 2.24) is 10.3 Å². The van der Waals surface area contributed by atoms with E-state index in [1.165, 1.54) is 25.1 Å². The lowest BCUT2D eigenvalue weighted by Crippen LogP contribution is -2.28. The van der Waals surface area contributed by atoms with Crippen molar-refractivity contribution in [2.75, 3.05) is 6.54 Å². The number of halogens is 4. The molecule has 0 saturated heterocycles. The number of carbonyl (C=O) groups excluding carboxylic acids is 1. The third kappa shape index (κ3) is 4.43. The molecule has 1 N–H and O–H groups in total. The summed E-state index contributed by atoms with van der Waals surface area (Å²) in [6.45, 7) is 0.716. The first-order chi connectivity index (χ1) is 13.8. The van der Waals surface area contributed by atoms with Crippen LogP contribution >= 0.6 is 0 Å². The Morgan fingerprint density at radius 2 is 1.93 bits per heavy atom. The summed E-state index contributed by atoms with van der Waals surface area (Å²) >= 11 is 0. The summed E-state index contributed by atoms with van der Waals surface area (Å²) in [7, 11) is 0. The van der Waals surface area contributed by atoms with E-state index in [4.69, 9.17) is 0 Å². The minimum atomic E-state index is -4.59. The molecule has 1 heterocycles. The molecule has 0 aliphatic heterocycles. The van der Waals surface area contributed by atoms with E-state index in [1.807, 2.05) is 0 Å². The molecule has 0 radical (unpaired) electrons. The van der Waals surface area contributed by atoms with Gasteiger partial charge in [-0.15, -0.1) is 0 Å². The average Bonchev–Trinajstić information content (AvgIpc) is 3.50.